The van der Waals surface area contributed by atoms with Gasteiger partial charge in [0.25, 0.3) is 0 Å². The first kappa shape index (κ1) is 19.2. The monoisotopic (exact) mass is 252 g/mol. The Hall–Kier alpha value is 0.610. The maximum absolute atomic E-state index is 9.51. The molecular weight excluding hydrogens is 237 g/mol. The van der Waals surface area contributed by atoms with Crippen LogP contribution in [0.1, 0.15) is 13.8 Å². The van der Waals surface area contributed by atoms with Crippen molar-refractivity contribution in [3.8, 4) is 0 Å². The largest absolute Gasteiger partial charge is 0.772 e. The minimum atomic E-state index is -1.95. The highest BCUT2D eigenvalue weighted by atomic mass is 35.5. The third kappa shape index (κ3) is 32.5. The molecule has 0 aromatic carbocycles. The molecule has 0 saturated heterocycles. The molecule has 0 saturated carbocycles. The fraction of sp³-hybridized carbons (Fsp3) is 1.00. The molecule has 0 radical (unpaired) electrons. The Labute approximate surface area is 93.0 Å². The molecule has 1 atom stereocenters. The van der Waals surface area contributed by atoms with E-state index in [1.54, 1.807) is 0 Å². The number of hydroxylamine groups is 1. The number of alkyl halides is 1. The van der Waals surface area contributed by atoms with Crippen LogP contribution in [-0.2, 0) is 15.9 Å². The van der Waals surface area contributed by atoms with E-state index in [1.807, 2.05) is 13.8 Å². The second-order valence-electron chi connectivity index (χ2n) is 1.63. The molecule has 0 fully saturated rings. The van der Waals surface area contributed by atoms with E-state index in [9.17, 15) is 8.76 Å². The van der Waals surface area contributed by atoms with Crippen molar-refractivity contribution in [2.24, 2.45) is 0 Å². The van der Waals surface area contributed by atoms with Crippen molar-refractivity contribution in [1.82, 2.24) is 5.48 Å². The molecule has 0 heterocycles. The highest BCUT2D eigenvalue weighted by Crippen LogP contribution is 1.75. The molecule has 13 heavy (non-hydrogen) atoms. The fourth-order valence-electron chi connectivity index (χ4n) is 0.267. The summed E-state index contributed by atoms with van der Waals surface area (Å²) in [7, 11) is 0. The lowest BCUT2D eigenvalue weighted by Gasteiger charge is -1.96. The molecule has 4 nitrogen and oxygen atoms in total. The van der Waals surface area contributed by atoms with Crippen molar-refractivity contribution in [3.63, 3.8) is 0 Å². The molecule has 0 aliphatic rings. The van der Waals surface area contributed by atoms with Gasteiger partial charge in [0.15, 0.2) is 0 Å². The number of hydrogen-bond acceptors (Lipinski definition) is 4. The van der Waals surface area contributed by atoms with Gasteiger partial charge in [-0.25, -0.2) is 5.48 Å². The first-order valence-electron chi connectivity index (χ1n) is 3.65. The third-order valence-electron chi connectivity index (χ3n) is 0.635. The summed E-state index contributed by atoms with van der Waals surface area (Å²) in [6, 6.07) is 0. The standard InChI is InChI=1S/C4H11NO.C2H5ClO2S.ClH/c1-3-5-6-4-2;3-1-2-6(4)5;/h5H,3-4H2,1-2H3;1-2H2,(H,4,5);1H/p-1. The molecule has 1 unspecified atom stereocenters. The first-order chi connectivity index (χ1) is 5.68. The molecule has 0 rings (SSSR count). The summed E-state index contributed by atoms with van der Waals surface area (Å²) in [4.78, 5) is 4.73. The molecular formula is C6H16Cl2NO3S-. The Balaban J connectivity index is -0.000000143. The van der Waals surface area contributed by atoms with Crippen molar-refractivity contribution in [2.45, 2.75) is 13.8 Å². The number of halogens is 2. The Morgan fingerprint density at radius 2 is 2.08 bits per heavy atom. The predicted molar refractivity (Wildman–Crippen MR) is 57.1 cm³/mol. The van der Waals surface area contributed by atoms with Crippen LogP contribution in [0.3, 0.4) is 0 Å². The van der Waals surface area contributed by atoms with E-state index in [1.165, 1.54) is 0 Å². The van der Waals surface area contributed by atoms with Crippen molar-refractivity contribution >= 4 is 35.1 Å². The van der Waals surface area contributed by atoms with E-state index in [2.05, 4.69) is 5.48 Å². The molecule has 0 aliphatic carbocycles. The Bertz CT molecular complexity index is 104. The zero-order valence-electron chi connectivity index (χ0n) is 7.75. The summed E-state index contributed by atoms with van der Waals surface area (Å²) in [6.07, 6.45) is 0. The van der Waals surface area contributed by atoms with Gasteiger partial charge in [-0.2, -0.15) is 0 Å². The van der Waals surface area contributed by atoms with Gasteiger partial charge in [-0.15, -0.1) is 24.0 Å². The summed E-state index contributed by atoms with van der Waals surface area (Å²) in [6.45, 7) is 5.57. The van der Waals surface area contributed by atoms with Gasteiger partial charge in [0, 0.05) is 18.2 Å². The lowest BCUT2D eigenvalue weighted by Crippen LogP contribution is -2.12. The van der Waals surface area contributed by atoms with Gasteiger partial charge in [-0.1, -0.05) is 18.0 Å². The summed E-state index contributed by atoms with van der Waals surface area (Å²) in [5, 5.41) is 0. The summed E-state index contributed by atoms with van der Waals surface area (Å²) in [5.41, 5.74) is 2.70. The first-order valence-corrected chi connectivity index (χ1v) is 5.43. The smallest absolute Gasteiger partial charge is 0.0653 e. The van der Waals surface area contributed by atoms with Crippen LogP contribution in [0, 0.1) is 0 Å². The SMILES string of the molecule is CCNOCC.Cl.O=S([O-])CCCl. The molecule has 0 amide bonds. The molecule has 0 aromatic heterocycles. The van der Waals surface area contributed by atoms with Crippen molar-refractivity contribution in [3.05, 3.63) is 0 Å². The van der Waals surface area contributed by atoms with Crippen molar-refractivity contribution in [1.29, 1.82) is 0 Å². The van der Waals surface area contributed by atoms with Gasteiger partial charge in [0.1, 0.15) is 0 Å². The van der Waals surface area contributed by atoms with Gasteiger partial charge >= 0.3 is 0 Å². The maximum atomic E-state index is 9.51. The van der Waals surface area contributed by atoms with E-state index in [4.69, 9.17) is 16.4 Å². The molecule has 0 aromatic rings. The summed E-state index contributed by atoms with van der Waals surface area (Å²) in [5.74, 6) is 0.248. The van der Waals surface area contributed by atoms with Crippen LogP contribution >= 0.6 is 24.0 Å². The minimum absolute atomic E-state index is 0. The zero-order valence-corrected chi connectivity index (χ0v) is 10.1. The van der Waals surface area contributed by atoms with Gasteiger partial charge < -0.3 is 9.39 Å². The average Bonchev–Trinajstić information content (AvgIpc) is 2.02. The Morgan fingerprint density at radius 3 is 2.15 bits per heavy atom. The van der Waals surface area contributed by atoms with Crippen LogP contribution in [0.2, 0.25) is 0 Å². The normalized spacial score (nSPS) is 10.8. The quantitative estimate of drug-likeness (QED) is 0.344. The topological polar surface area (TPSA) is 61.4 Å². The fourth-order valence-corrected chi connectivity index (χ4v) is 0.771. The number of rotatable bonds is 5. The summed E-state index contributed by atoms with van der Waals surface area (Å²) < 4.78 is 19.0. The van der Waals surface area contributed by atoms with Gasteiger partial charge in [0.2, 0.25) is 0 Å². The molecule has 0 aliphatic heterocycles. The van der Waals surface area contributed by atoms with Gasteiger partial charge in [-0.05, 0) is 6.92 Å². The van der Waals surface area contributed by atoms with Crippen LogP contribution in [0.4, 0.5) is 0 Å². The second-order valence-corrected chi connectivity index (χ2v) is 3.02. The zero-order chi connectivity index (χ0) is 9.82. The lowest BCUT2D eigenvalue weighted by atomic mass is 10.8. The minimum Gasteiger partial charge on any atom is -0.772 e. The van der Waals surface area contributed by atoms with Crippen LogP contribution in [-0.4, -0.2) is 33.5 Å². The second kappa shape index (κ2) is 18.4. The van der Waals surface area contributed by atoms with Crippen molar-refractivity contribution < 1.29 is 13.6 Å². The van der Waals surface area contributed by atoms with E-state index in [0.29, 0.717) is 0 Å². The van der Waals surface area contributed by atoms with E-state index in [0.717, 1.165) is 13.2 Å². The Kier molecular flexibility index (Phi) is 27.2. The summed E-state index contributed by atoms with van der Waals surface area (Å²) >= 11 is 3.06. The van der Waals surface area contributed by atoms with Crippen molar-refractivity contribution in [2.75, 3.05) is 24.8 Å². The molecule has 0 spiro atoms. The molecule has 0 bridgehead atoms. The highest BCUT2D eigenvalue weighted by molar-refractivity contribution is 7.79. The van der Waals surface area contributed by atoms with E-state index >= 15 is 0 Å². The lowest BCUT2D eigenvalue weighted by molar-refractivity contribution is 0.0547. The Morgan fingerprint density at radius 1 is 1.54 bits per heavy atom. The maximum Gasteiger partial charge on any atom is 0.0653 e. The van der Waals surface area contributed by atoms with Gasteiger partial charge in [0.05, 0.1) is 6.61 Å². The van der Waals surface area contributed by atoms with Crippen LogP contribution < -0.4 is 5.48 Å². The van der Waals surface area contributed by atoms with Gasteiger partial charge in [-0.3, -0.25) is 4.21 Å². The van der Waals surface area contributed by atoms with E-state index < -0.39 is 11.1 Å². The van der Waals surface area contributed by atoms with Crippen LogP contribution in [0.5, 0.6) is 0 Å². The molecule has 1 N–H and O–H groups in total. The van der Waals surface area contributed by atoms with E-state index in [-0.39, 0.29) is 24.0 Å². The van der Waals surface area contributed by atoms with Crippen LogP contribution in [0.25, 0.3) is 0 Å². The average molecular weight is 253 g/mol. The number of hydrogen-bond donors (Lipinski definition) is 1. The molecule has 7 heteroatoms. The number of nitrogens with one attached hydrogen (secondary N) is 1. The third-order valence-corrected chi connectivity index (χ3v) is 1.59. The molecule has 84 valence electrons. The van der Waals surface area contributed by atoms with Crippen LogP contribution in [0.15, 0.2) is 0 Å². The predicted octanol–water partition coefficient (Wildman–Crippen LogP) is 1.07. The highest BCUT2D eigenvalue weighted by Gasteiger charge is 1.75.